The van der Waals surface area contributed by atoms with Gasteiger partial charge in [0.1, 0.15) is 0 Å². The van der Waals surface area contributed by atoms with Gasteiger partial charge in [0.05, 0.1) is 19.7 Å². The maximum atomic E-state index is 12.2. The van der Waals surface area contributed by atoms with Gasteiger partial charge in [0, 0.05) is 19.6 Å². The molecule has 0 atom stereocenters. The number of nitrogens with zero attached hydrogens (tertiary/aromatic N) is 2. The van der Waals surface area contributed by atoms with Crippen molar-refractivity contribution in [3.8, 4) is 0 Å². The molecule has 0 aliphatic carbocycles. The van der Waals surface area contributed by atoms with Gasteiger partial charge >= 0.3 is 5.97 Å². The van der Waals surface area contributed by atoms with E-state index in [1.54, 1.807) is 22.8 Å². The lowest BCUT2D eigenvalue weighted by molar-refractivity contribution is -0.145. The Bertz CT molecular complexity index is 353. The SMILES string of the molecule is C=CCN(CC(=O)OCC)CC(=O)N(CC)CC(=C)C. The van der Waals surface area contributed by atoms with Crippen LogP contribution in [0.5, 0.6) is 0 Å². The van der Waals surface area contributed by atoms with E-state index < -0.39 is 0 Å². The normalized spacial score (nSPS) is 10.2. The summed E-state index contributed by atoms with van der Waals surface area (Å²) in [5.41, 5.74) is 0.931. The van der Waals surface area contributed by atoms with E-state index in [9.17, 15) is 9.59 Å². The van der Waals surface area contributed by atoms with Crippen molar-refractivity contribution < 1.29 is 14.3 Å². The molecule has 20 heavy (non-hydrogen) atoms. The van der Waals surface area contributed by atoms with Crippen LogP contribution in [0.3, 0.4) is 0 Å². The minimum Gasteiger partial charge on any atom is -0.465 e. The number of hydrogen-bond donors (Lipinski definition) is 0. The van der Waals surface area contributed by atoms with E-state index in [0.717, 1.165) is 5.57 Å². The van der Waals surface area contributed by atoms with E-state index in [4.69, 9.17) is 4.74 Å². The molecule has 0 aromatic carbocycles. The van der Waals surface area contributed by atoms with Crippen LogP contribution in [0, 0.1) is 0 Å². The molecule has 0 unspecified atom stereocenters. The molecule has 5 nitrogen and oxygen atoms in total. The van der Waals surface area contributed by atoms with Crippen LogP contribution in [0.15, 0.2) is 24.8 Å². The van der Waals surface area contributed by atoms with E-state index in [1.807, 2.05) is 13.8 Å². The zero-order valence-electron chi connectivity index (χ0n) is 12.9. The van der Waals surface area contributed by atoms with E-state index in [-0.39, 0.29) is 25.0 Å². The van der Waals surface area contributed by atoms with Crippen LogP contribution in [0.4, 0.5) is 0 Å². The van der Waals surface area contributed by atoms with Crippen molar-refractivity contribution in [2.24, 2.45) is 0 Å². The van der Waals surface area contributed by atoms with Crippen LogP contribution in [-0.4, -0.2) is 61.0 Å². The standard InChI is InChI=1S/C15H26N2O3/c1-6-9-16(12-15(19)20-8-3)11-14(18)17(7-2)10-13(4)5/h6H,1,4,7-12H2,2-3,5H3. The van der Waals surface area contributed by atoms with Crippen molar-refractivity contribution in [3.05, 3.63) is 24.8 Å². The second-order valence-electron chi connectivity index (χ2n) is 4.63. The highest BCUT2D eigenvalue weighted by molar-refractivity contribution is 5.79. The summed E-state index contributed by atoms with van der Waals surface area (Å²) in [6, 6.07) is 0. The van der Waals surface area contributed by atoms with E-state index in [0.29, 0.717) is 26.2 Å². The van der Waals surface area contributed by atoms with Crippen molar-refractivity contribution in [2.45, 2.75) is 20.8 Å². The highest BCUT2D eigenvalue weighted by Crippen LogP contribution is 2.00. The summed E-state index contributed by atoms with van der Waals surface area (Å²) in [6.45, 7) is 15.2. The number of carbonyl (C=O) groups excluding carboxylic acids is 2. The Balaban J connectivity index is 4.54. The zero-order chi connectivity index (χ0) is 15.5. The van der Waals surface area contributed by atoms with Gasteiger partial charge in [0.2, 0.25) is 5.91 Å². The quantitative estimate of drug-likeness (QED) is 0.450. The van der Waals surface area contributed by atoms with Gasteiger partial charge in [-0.2, -0.15) is 0 Å². The number of likely N-dealkylation sites (N-methyl/N-ethyl adjacent to an activating group) is 1. The van der Waals surface area contributed by atoms with Crippen LogP contribution in [-0.2, 0) is 14.3 Å². The van der Waals surface area contributed by atoms with Crippen LogP contribution >= 0.6 is 0 Å². The van der Waals surface area contributed by atoms with Gasteiger partial charge in [-0.25, -0.2) is 0 Å². The van der Waals surface area contributed by atoms with Crippen molar-refractivity contribution in [3.63, 3.8) is 0 Å². The third kappa shape index (κ3) is 7.74. The molecule has 0 saturated carbocycles. The van der Waals surface area contributed by atoms with Gasteiger partial charge in [-0.05, 0) is 20.8 Å². The lowest BCUT2D eigenvalue weighted by Crippen LogP contribution is -2.43. The van der Waals surface area contributed by atoms with Gasteiger partial charge in [0.15, 0.2) is 0 Å². The summed E-state index contributed by atoms with van der Waals surface area (Å²) in [7, 11) is 0. The molecule has 1 amide bonds. The molecular formula is C15H26N2O3. The Morgan fingerprint density at radius 2 is 1.85 bits per heavy atom. The number of ether oxygens (including phenoxy) is 1. The summed E-state index contributed by atoms with van der Waals surface area (Å²) in [4.78, 5) is 27.1. The van der Waals surface area contributed by atoms with Gasteiger partial charge < -0.3 is 9.64 Å². The molecule has 0 radical (unpaired) electrons. The molecule has 0 aromatic heterocycles. The lowest BCUT2D eigenvalue weighted by atomic mass is 10.3. The molecule has 0 saturated heterocycles. The third-order valence-corrected chi connectivity index (χ3v) is 2.60. The highest BCUT2D eigenvalue weighted by atomic mass is 16.5. The van der Waals surface area contributed by atoms with E-state index in [1.165, 1.54) is 0 Å². The molecule has 0 aliphatic heterocycles. The Morgan fingerprint density at radius 3 is 2.30 bits per heavy atom. The highest BCUT2D eigenvalue weighted by Gasteiger charge is 2.18. The van der Waals surface area contributed by atoms with E-state index in [2.05, 4.69) is 13.2 Å². The number of hydrogen-bond acceptors (Lipinski definition) is 4. The van der Waals surface area contributed by atoms with Crippen molar-refractivity contribution in [1.82, 2.24) is 9.80 Å². The first kappa shape index (κ1) is 18.4. The molecular weight excluding hydrogens is 256 g/mol. The average molecular weight is 282 g/mol. The number of carbonyl (C=O) groups is 2. The van der Waals surface area contributed by atoms with Crippen LogP contribution < -0.4 is 0 Å². The molecule has 0 aliphatic rings. The fourth-order valence-corrected chi connectivity index (χ4v) is 1.75. The number of amides is 1. The van der Waals surface area contributed by atoms with Crippen molar-refractivity contribution >= 4 is 11.9 Å². The minimum atomic E-state index is -0.329. The Morgan fingerprint density at radius 1 is 1.20 bits per heavy atom. The molecule has 0 aromatic rings. The topological polar surface area (TPSA) is 49.9 Å². The number of esters is 1. The molecule has 0 heterocycles. The smallest absolute Gasteiger partial charge is 0.320 e. The van der Waals surface area contributed by atoms with E-state index >= 15 is 0 Å². The summed E-state index contributed by atoms with van der Waals surface area (Å²) in [5, 5.41) is 0. The first-order valence-electron chi connectivity index (χ1n) is 6.85. The second kappa shape index (κ2) is 10.2. The molecule has 0 rings (SSSR count). The summed E-state index contributed by atoms with van der Waals surface area (Å²) < 4.78 is 4.90. The van der Waals surface area contributed by atoms with Crippen molar-refractivity contribution in [2.75, 3.05) is 39.3 Å². The van der Waals surface area contributed by atoms with Gasteiger partial charge in [-0.15, -0.1) is 6.58 Å². The average Bonchev–Trinajstić information content (AvgIpc) is 2.35. The predicted molar refractivity (Wildman–Crippen MR) is 80.3 cm³/mol. The number of rotatable bonds is 10. The predicted octanol–water partition coefficient (Wildman–Crippen LogP) is 1.46. The maximum absolute atomic E-state index is 12.2. The Kier molecular flexibility index (Phi) is 9.38. The molecule has 114 valence electrons. The molecule has 0 fully saturated rings. The summed E-state index contributed by atoms with van der Waals surface area (Å²) in [5.74, 6) is -0.355. The van der Waals surface area contributed by atoms with Crippen LogP contribution in [0.25, 0.3) is 0 Å². The molecule has 5 heteroatoms. The fraction of sp³-hybridized carbons (Fsp3) is 0.600. The molecule has 0 N–H and O–H groups in total. The van der Waals surface area contributed by atoms with Gasteiger partial charge in [-0.3, -0.25) is 14.5 Å². The zero-order valence-corrected chi connectivity index (χ0v) is 12.9. The van der Waals surface area contributed by atoms with Gasteiger partial charge in [-0.1, -0.05) is 18.2 Å². The monoisotopic (exact) mass is 282 g/mol. The largest absolute Gasteiger partial charge is 0.465 e. The molecule has 0 bridgehead atoms. The lowest BCUT2D eigenvalue weighted by Gasteiger charge is -2.25. The first-order valence-corrected chi connectivity index (χ1v) is 6.85. The first-order chi connectivity index (χ1) is 9.44. The summed E-state index contributed by atoms with van der Waals surface area (Å²) >= 11 is 0. The fourth-order valence-electron chi connectivity index (χ4n) is 1.75. The second-order valence-corrected chi connectivity index (χ2v) is 4.63. The Labute approximate surface area is 121 Å². The van der Waals surface area contributed by atoms with Crippen molar-refractivity contribution in [1.29, 1.82) is 0 Å². The van der Waals surface area contributed by atoms with Crippen LogP contribution in [0.2, 0.25) is 0 Å². The molecule has 0 spiro atoms. The minimum absolute atomic E-state index is 0.0263. The Hall–Kier alpha value is -1.62. The summed E-state index contributed by atoms with van der Waals surface area (Å²) in [6.07, 6.45) is 1.67. The maximum Gasteiger partial charge on any atom is 0.320 e. The van der Waals surface area contributed by atoms with Gasteiger partial charge in [0.25, 0.3) is 0 Å². The van der Waals surface area contributed by atoms with Crippen LogP contribution in [0.1, 0.15) is 20.8 Å². The third-order valence-electron chi connectivity index (χ3n) is 2.60.